The smallest absolute Gasteiger partial charge is 0.227 e. The van der Waals surface area contributed by atoms with Crippen LogP contribution in [-0.4, -0.2) is 32.6 Å². The monoisotopic (exact) mass is 298 g/mol. The number of imidazole rings is 1. The molecule has 1 atom stereocenters. The van der Waals surface area contributed by atoms with E-state index in [-0.39, 0.29) is 0 Å². The fraction of sp³-hybridized carbons (Fsp3) is 0.562. The first kappa shape index (κ1) is 13.5. The number of hydrogen-bond acceptors (Lipinski definition) is 5. The van der Waals surface area contributed by atoms with Crippen LogP contribution in [0.1, 0.15) is 37.4 Å². The van der Waals surface area contributed by atoms with Crippen LogP contribution >= 0.6 is 0 Å². The number of anilines is 2. The maximum Gasteiger partial charge on any atom is 0.227 e. The first-order chi connectivity index (χ1) is 10.8. The van der Waals surface area contributed by atoms with Crippen molar-refractivity contribution in [3.8, 4) is 0 Å². The summed E-state index contributed by atoms with van der Waals surface area (Å²) in [7, 11) is 0. The Balaban J connectivity index is 1.52. The lowest BCUT2D eigenvalue weighted by Gasteiger charge is -2.32. The van der Waals surface area contributed by atoms with Crippen molar-refractivity contribution >= 4 is 11.8 Å². The van der Waals surface area contributed by atoms with Gasteiger partial charge in [0.15, 0.2) is 0 Å². The largest absolute Gasteiger partial charge is 0.384 e. The van der Waals surface area contributed by atoms with Gasteiger partial charge >= 0.3 is 0 Å². The molecular formula is C16H22N6. The molecule has 2 aromatic rings. The summed E-state index contributed by atoms with van der Waals surface area (Å²) >= 11 is 0. The summed E-state index contributed by atoms with van der Waals surface area (Å²) in [6.45, 7) is 3.04. The van der Waals surface area contributed by atoms with Crippen molar-refractivity contribution in [3.05, 3.63) is 30.5 Å². The highest BCUT2D eigenvalue weighted by Gasteiger charge is 2.28. The van der Waals surface area contributed by atoms with Gasteiger partial charge in [-0.05, 0) is 37.7 Å². The maximum absolute atomic E-state index is 5.79. The molecule has 22 heavy (non-hydrogen) atoms. The van der Waals surface area contributed by atoms with Crippen molar-refractivity contribution in [1.82, 2.24) is 19.5 Å². The number of piperidine rings is 1. The second-order valence-electron chi connectivity index (χ2n) is 6.45. The normalized spacial score (nSPS) is 22.0. The molecule has 0 unspecified atom stereocenters. The second kappa shape index (κ2) is 5.59. The van der Waals surface area contributed by atoms with Gasteiger partial charge in [-0.2, -0.15) is 4.98 Å². The van der Waals surface area contributed by atoms with E-state index in [1.165, 1.54) is 25.1 Å². The first-order valence-electron chi connectivity index (χ1n) is 8.14. The average Bonchev–Trinajstić information content (AvgIpc) is 3.23. The molecule has 2 N–H and O–H groups in total. The van der Waals surface area contributed by atoms with Crippen LogP contribution in [0.5, 0.6) is 0 Å². The van der Waals surface area contributed by atoms with E-state index in [2.05, 4.69) is 30.6 Å². The van der Waals surface area contributed by atoms with Crippen molar-refractivity contribution in [2.75, 3.05) is 23.7 Å². The molecule has 4 rings (SSSR count). The standard InChI is InChI=1S/C16H22N6/c17-14-5-6-19-16(20-14)22-8-1-2-13(11-22)15-18-7-9-21(15)10-12-3-4-12/h5-7,9,12-13H,1-4,8,10-11H2,(H2,17,19,20)/t13-/m1/s1. The van der Waals surface area contributed by atoms with Gasteiger partial charge in [0.05, 0.1) is 0 Å². The van der Waals surface area contributed by atoms with E-state index in [9.17, 15) is 0 Å². The highest BCUT2D eigenvalue weighted by atomic mass is 15.3. The summed E-state index contributed by atoms with van der Waals surface area (Å²) in [5.74, 6) is 3.81. The zero-order valence-electron chi connectivity index (χ0n) is 12.7. The summed E-state index contributed by atoms with van der Waals surface area (Å²) in [4.78, 5) is 15.6. The predicted molar refractivity (Wildman–Crippen MR) is 85.6 cm³/mol. The number of nitrogen functional groups attached to an aromatic ring is 1. The van der Waals surface area contributed by atoms with Gasteiger partial charge in [-0.1, -0.05) is 0 Å². The summed E-state index contributed by atoms with van der Waals surface area (Å²) in [5.41, 5.74) is 5.79. The number of aromatic nitrogens is 4. The first-order valence-corrected chi connectivity index (χ1v) is 8.14. The van der Waals surface area contributed by atoms with E-state index < -0.39 is 0 Å². The number of nitrogens with zero attached hydrogens (tertiary/aromatic N) is 5. The van der Waals surface area contributed by atoms with Gasteiger partial charge in [-0.15, -0.1) is 0 Å². The van der Waals surface area contributed by atoms with Crippen LogP contribution in [0, 0.1) is 5.92 Å². The molecule has 2 fully saturated rings. The highest BCUT2D eigenvalue weighted by molar-refractivity contribution is 5.38. The van der Waals surface area contributed by atoms with Crippen LogP contribution < -0.4 is 10.6 Å². The molecule has 0 amide bonds. The third-order valence-electron chi connectivity index (χ3n) is 4.63. The van der Waals surface area contributed by atoms with Crippen LogP contribution in [0.15, 0.2) is 24.7 Å². The fourth-order valence-corrected chi connectivity index (χ4v) is 3.30. The zero-order chi connectivity index (χ0) is 14.9. The Kier molecular flexibility index (Phi) is 3.44. The van der Waals surface area contributed by atoms with Gasteiger partial charge in [-0.25, -0.2) is 9.97 Å². The van der Waals surface area contributed by atoms with Gasteiger partial charge in [0.2, 0.25) is 5.95 Å². The number of nitrogens with two attached hydrogens (primary N) is 1. The van der Waals surface area contributed by atoms with Crippen LogP contribution in [0.3, 0.4) is 0 Å². The van der Waals surface area contributed by atoms with Gasteiger partial charge in [0, 0.05) is 44.1 Å². The van der Waals surface area contributed by atoms with Gasteiger partial charge in [-0.3, -0.25) is 0 Å². The van der Waals surface area contributed by atoms with Crippen LogP contribution in [0.4, 0.5) is 11.8 Å². The number of hydrogen-bond donors (Lipinski definition) is 1. The molecule has 0 spiro atoms. The summed E-state index contributed by atoms with van der Waals surface area (Å²) in [6.07, 6.45) is 10.9. The van der Waals surface area contributed by atoms with Crippen LogP contribution in [-0.2, 0) is 6.54 Å². The summed E-state index contributed by atoms with van der Waals surface area (Å²) in [5, 5.41) is 0. The third-order valence-corrected chi connectivity index (χ3v) is 4.63. The van der Waals surface area contributed by atoms with Crippen molar-refractivity contribution in [3.63, 3.8) is 0 Å². The summed E-state index contributed by atoms with van der Waals surface area (Å²) in [6, 6.07) is 1.73. The zero-order valence-corrected chi connectivity index (χ0v) is 12.7. The molecule has 6 heteroatoms. The second-order valence-corrected chi connectivity index (χ2v) is 6.45. The van der Waals surface area contributed by atoms with Crippen molar-refractivity contribution in [2.45, 2.75) is 38.1 Å². The molecule has 2 aliphatic rings. The van der Waals surface area contributed by atoms with Gasteiger partial charge < -0.3 is 15.2 Å². The molecule has 116 valence electrons. The van der Waals surface area contributed by atoms with Crippen molar-refractivity contribution < 1.29 is 0 Å². The Labute approximate surface area is 130 Å². The minimum absolute atomic E-state index is 0.451. The van der Waals surface area contributed by atoms with Crippen molar-refractivity contribution in [2.24, 2.45) is 5.92 Å². The Morgan fingerprint density at radius 3 is 2.91 bits per heavy atom. The average molecular weight is 298 g/mol. The minimum atomic E-state index is 0.451. The molecule has 0 aromatic carbocycles. The molecule has 6 nitrogen and oxygen atoms in total. The Morgan fingerprint density at radius 1 is 1.18 bits per heavy atom. The molecule has 2 aromatic heterocycles. The highest BCUT2D eigenvalue weighted by Crippen LogP contribution is 2.33. The van der Waals surface area contributed by atoms with E-state index >= 15 is 0 Å². The maximum atomic E-state index is 5.79. The van der Waals surface area contributed by atoms with Crippen molar-refractivity contribution in [1.29, 1.82) is 0 Å². The molecular weight excluding hydrogens is 276 g/mol. The Hall–Kier alpha value is -2.11. The molecule has 1 aliphatic heterocycles. The quantitative estimate of drug-likeness (QED) is 0.935. The minimum Gasteiger partial charge on any atom is -0.384 e. The fourth-order valence-electron chi connectivity index (χ4n) is 3.30. The lowest BCUT2D eigenvalue weighted by Crippen LogP contribution is -2.36. The van der Waals surface area contributed by atoms with E-state index in [0.717, 1.165) is 37.9 Å². The Morgan fingerprint density at radius 2 is 2.09 bits per heavy atom. The van der Waals surface area contributed by atoms with Crippen LogP contribution in [0.25, 0.3) is 0 Å². The summed E-state index contributed by atoms with van der Waals surface area (Å²) < 4.78 is 2.35. The molecule has 1 saturated heterocycles. The van der Waals surface area contributed by atoms with E-state index in [0.29, 0.717) is 11.7 Å². The van der Waals surface area contributed by atoms with Crippen LogP contribution in [0.2, 0.25) is 0 Å². The van der Waals surface area contributed by atoms with E-state index in [1.807, 2.05) is 6.20 Å². The SMILES string of the molecule is Nc1ccnc(N2CCC[C@@H](c3nccn3CC3CC3)C2)n1. The van der Waals surface area contributed by atoms with Gasteiger partial charge in [0.25, 0.3) is 0 Å². The molecule has 1 saturated carbocycles. The third kappa shape index (κ3) is 2.77. The lowest BCUT2D eigenvalue weighted by molar-refractivity contribution is 0.459. The Bertz CT molecular complexity index is 648. The van der Waals surface area contributed by atoms with E-state index in [1.54, 1.807) is 12.3 Å². The molecule has 3 heterocycles. The lowest BCUT2D eigenvalue weighted by atomic mass is 9.97. The number of rotatable bonds is 4. The molecule has 0 radical (unpaired) electrons. The molecule has 1 aliphatic carbocycles. The van der Waals surface area contributed by atoms with E-state index in [4.69, 9.17) is 5.73 Å². The van der Waals surface area contributed by atoms with Gasteiger partial charge in [0.1, 0.15) is 11.6 Å². The predicted octanol–water partition coefficient (Wildman–Crippen LogP) is 2.05. The molecule has 0 bridgehead atoms. The topological polar surface area (TPSA) is 72.9 Å².